The highest BCUT2D eigenvalue weighted by Crippen LogP contribution is 2.58. The summed E-state index contributed by atoms with van der Waals surface area (Å²) in [6.45, 7) is 10.4. The molecule has 0 saturated carbocycles. The Bertz CT molecular complexity index is 802. The van der Waals surface area contributed by atoms with Gasteiger partial charge in [-0.25, -0.2) is 0 Å². The van der Waals surface area contributed by atoms with E-state index in [9.17, 15) is 0 Å². The maximum absolute atomic E-state index is 5.76. The van der Waals surface area contributed by atoms with Crippen molar-refractivity contribution in [1.29, 1.82) is 0 Å². The van der Waals surface area contributed by atoms with Gasteiger partial charge in [-0.2, -0.15) is 0 Å². The number of ether oxygens (including phenoxy) is 2. The highest BCUT2D eigenvalue weighted by Gasteiger charge is 2.54. The van der Waals surface area contributed by atoms with E-state index >= 15 is 0 Å². The van der Waals surface area contributed by atoms with Crippen LogP contribution in [0.15, 0.2) is 36.4 Å². The van der Waals surface area contributed by atoms with Gasteiger partial charge in [-0.15, -0.1) is 0 Å². The third kappa shape index (κ3) is 2.46. The van der Waals surface area contributed by atoms with Crippen LogP contribution in [0.2, 0.25) is 0 Å². The molecular formula is C23H28O2. The molecule has 2 nitrogen and oxygen atoms in total. The zero-order valence-electron chi connectivity index (χ0n) is 15.8. The summed E-state index contributed by atoms with van der Waals surface area (Å²) in [6.07, 6.45) is 3.44. The second kappa shape index (κ2) is 5.79. The Balaban J connectivity index is 1.70. The van der Waals surface area contributed by atoms with Crippen LogP contribution in [-0.4, -0.2) is 13.2 Å². The van der Waals surface area contributed by atoms with E-state index in [1.165, 1.54) is 22.3 Å². The monoisotopic (exact) mass is 336 g/mol. The molecule has 0 aromatic heterocycles. The van der Waals surface area contributed by atoms with Gasteiger partial charge in [0.25, 0.3) is 0 Å². The Hall–Kier alpha value is -1.96. The van der Waals surface area contributed by atoms with E-state index in [-0.39, 0.29) is 10.8 Å². The Morgan fingerprint density at radius 1 is 0.760 bits per heavy atom. The lowest BCUT2D eigenvalue weighted by atomic mass is 9.64. The minimum atomic E-state index is 0.139. The van der Waals surface area contributed by atoms with Crippen molar-refractivity contribution in [2.45, 2.75) is 52.4 Å². The van der Waals surface area contributed by atoms with E-state index < -0.39 is 0 Å². The van der Waals surface area contributed by atoms with Crippen molar-refractivity contribution >= 4 is 0 Å². The fourth-order valence-electron chi connectivity index (χ4n) is 4.97. The Labute approximate surface area is 151 Å². The smallest absolute Gasteiger partial charge is 0.119 e. The highest BCUT2D eigenvalue weighted by atomic mass is 16.5. The summed E-state index contributed by atoms with van der Waals surface area (Å²) in [4.78, 5) is 0. The first-order valence-electron chi connectivity index (χ1n) is 9.50. The molecule has 4 rings (SSSR count). The van der Waals surface area contributed by atoms with Crippen LogP contribution in [0.3, 0.4) is 0 Å². The molecule has 1 unspecified atom stereocenters. The van der Waals surface area contributed by atoms with Gasteiger partial charge in [0.15, 0.2) is 0 Å². The number of benzene rings is 2. The van der Waals surface area contributed by atoms with Gasteiger partial charge in [-0.3, -0.25) is 0 Å². The molecule has 0 heterocycles. The van der Waals surface area contributed by atoms with Crippen molar-refractivity contribution in [1.82, 2.24) is 0 Å². The molecule has 2 heteroatoms. The van der Waals surface area contributed by atoms with Crippen molar-refractivity contribution in [3.8, 4) is 11.5 Å². The molecule has 0 fully saturated rings. The van der Waals surface area contributed by atoms with E-state index in [0.717, 1.165) is 44.0 Å². The topological polar surface area (TPSA) is 18.5 Å². The van der Waals surface area contributed by atoms with Crippen molar-refractivity contribution in [2.75, 3.05) is 13.2 Å². The minimum Gasteiger partial charge on any atom is -0.494 e. The van der Waals surface area contributed by atoms with Gasteiger partial charge < -0.3 is 9.47 Å². The zero-order valence-corrected chi connectivity index (χ0v) is 15.8. The zero-order chi connectivity index (χ0) is 17.7. The lowest BCUT2D eigenvalue weighted by Crippen LogP contribution is -2.38. The number of rotatable bonds is 4. The van der Waals surface area contributed by atoms with Crippen LogP contribution < -0.4 is 9.47 Å². The quantitative estimate of drug-likeness (QED) is 0.773. The second-order valence-electron chi connectivity index (χ2n) is 8.05. The SMILES string of the molecule is CCOc1ccc2c(c1)CC1(C2)Cc2ccc(OCC)cc2C1(C)C. The summed E-state index contributed by atoms with van der Waals surface area (Å²) in [5.41, 5.74) is 6.34. The average Bonchev–Trinajstić information content (AvgIpc) is 3.04. The van der Waals surface area contributed by atoms with Gasteiger partial charge in [0.05, 0.1) is 13.2 Å². The van der Waals surface area contributed by atoms with Crippen LogP contribution >= 0.6 is 0 Å². The molecule has 0 amide bonds. The molecule has 0 saturated heterocycles. The third-order valence-electron chi connectivity index (χ3n) is 6.47. The van der Waals surface area contributed by atoms with E-state index in [2.05, 4.69) is 50.2 Å². The Morgan fingerprint density at radius 2 is 1.32 bits per heavy atom. The summed E-state index contributed by atoms with van der Waals surface area (Å²) in [5, 5.41) is 0. The predicted octanol–water partition coefficient (Wildman–Crippen LogP) is 5.10. The fourth-order valence-corrected chi connectivity index (χ4v) is 4.97. The molecule has 0 aliphatic heterocycles. The highest BCUT2D eigenvalue weighted by molar-refractivity contribution is 5.51. The van der Waals surface area contributed by atoms with Crippen LogP contribution in [0.1, 0.15) is 49.9 Å². The fraction of sp³-hybridized carbons (Fsp3) is 0.478. The molecule has 2 aliphatic rings. The van der Waals surface area contributed by atoms with Crippen molar-refractivity contribution in [3.63, 3.8) is 0 Å². The van der Waals surface area contributed by atoms with Crippen LogP contribution in [0.25, 0.3) is 0 Å². The van der Waals surface area contributed by atoms with Gasteiger partial charge >= 0.3 is 0 Å². The Morgan fingerprint density at radius 3 is 2.00 bits per heavy atom. The molecule has 2 aromatic rings. The summed E-state index contributed by atoms with van der Waals surface area (Å²) in [7, 11) is 0. The number of hydrogen-bond donors (Lipinski definition) is 0. The lowest BCUT2D eigenvalue weighted by Gasteiger charge is -2.39. The van der Waals surface area contributed by atoms with Crippen molar-refractivity contribution in [2.24, 2.45) is 5.41 Å². The van der Waals surface area contributed by atoms with Crippen LogP contribution in [0.5, 0.6) is 11.5 Å². The van der Waals surface area contributed by atoms with Gasteiger partial charge in [-0.05, 0) is 90.5 Å². The largest absolute Gasteiger partial charge is 0.494 e. The molecule has 2 aliphatic carbocycles. The molecule has 1 spiro atoms. The normalized spacial score (nSPS) is 22.7. The predicted molar refractivity (Wildman–Crippen MR) is 102 cm³/mol. The molecule has 132 valence electrons. The first-order chi connectivity index (χ1) is 12.0. The first kappa shape index (κ1) is 16.5. The Kier molecular flexibility index (Phi) is 3.82. The number of fused-ring (bicyclic) bond motifs is 2. The summed E-state index contributed by atoms with van der Waals surface area (Å²) in [5.74, 6) is 2.01. The molecule has 0 bridgehead atoms. The second-order valence-corrected chi connectivity index (χ2v) is 8.05. The van der Waals surface area contributed by atoms with Crippen LogP contribution in [-0.2, 0) is 24.7 Å². The summed E-state index contributed by atoms with van der Waals surface area (Å²) >= 11 is 0. The van der Waals surface area contributed by atoms with Crippen LogP contribution in [0, 0.1) is 5.41 Å². The van der Waals surface area contributed by atoms with Crippen LogP contribution in [0.4, 0.5) is 0 Å². The minimum absolute atomic E-state index is 0.139. The molecule has 0 radical (unpaired) electrons. The van der Waals surface area contributed by atoms with Gasteiger partial charge in [0, 0.05) is 0 Å². The maximum atomic E-state index is 5.76. The summed E-state index contributed by atoms with van der Waals surface area (Å²) < 4.78 is 11.5. The third-order valence-corrected chi connectivity index (χ3v) is 6.47. The maximum Gasteiger partial charge on any atom is 0.119 e. The van der Waals surface area contributed by atoms with E-state index in [1.54, 1.807) is 0 Å². The first-order valence-corrected chi connectivity index (χ1v) is 9.50. The molecule has 25 heavy (non-hydrogen) atoms. The van der Waals surface area contributed by atoms with Gasteiger partial charge in [0.2, 0.25) is 0 Å². The standard InChI is InChI=1S/C23H28O2/c1-5-24-19-9-7-16-13-23(15-18(16)11-19)14-17-8-10-20(25-6-2)12-21(17)22(23,3)4/h7-12H,5-6,13-15H2,1-4H3. The van der Waals surface area contributed by atoms with Gasteiger partial charge in [-0.1, -0.05) is 26.0 Å². The van der Waals surface area contributed by atoms with Crippen molar-refractivity contribution < 1.29 is 9.47 Å². The van der Waals surface area contributed by atoms with Gasteiger partial charge in [0.1, 0.15) is 11.5 Å². The average molecular weight is 336 g/mol. The lowest BCUT2D eigenvalue weighted by molar-refractivity contribution is 0.182. The molecular weight excluding hydrogens is 308 g/mol. The molecule has 0 N–H and O–H groups in total. The van der Waals surface area contributed by atoms with E-state index in [4.69, 9.17) is 9.47 Å². The van der Waals surface area contributed by atoms with Crippen molar-refractivity contribution in [3.05, 3.63) is 58.7 Å². The van der Waals surface area contributed by atoms with E-state index in [1.807, 2.05) is 13.8 Å². The molecule has 2 aromatic carbocycles. The van der Waals surface area contributed by atoms with E-state index in [0.29, 0.717) is 0 Å². The molecule has 1 atom stereocenters. The number of hydrogen-bond acceptors (Lipinski definition) is 2. The summed E-state index contributed by atoms with van der Waals surface area (Å²) in [6, 6.07) is 13.4.